The zero-order chi connectivity index (χ0) is 14.2. The highest BCUT2D eigenvalue weighted by Crippen LogP contribution is 2.31. The Bertz CT molecular complexity index is 609. The van der Waals surface area contributed by atoms with Crippen molar-refractivity contribution in [2.75, 3.05) is 5.32 Å². The summed E-state index contributed by atoms with van der Waals surface area (Å²) < 4.78 is 0. The second kappa shape index (κ2) is 7.46. The number of hydrogen-bond acceptors (Lipinski definition) is 3. The summed E-state index contributed by atoms with van der Waals surface area (Å²) in [5.74, 6) is 0. The molecule has 1 N–H and O–H groups in total. The van der Waals surface area contributed by atoms with Gasteiger partial charge in [0.2, 0.25) is 0 Å². The van der Waals surface area contributed by atoms with Gasteiger partial charge >= 0.3 is 0 Å². The minimum Gasteiger partial charge on any atom is -0.347 e. The molecule has 1 aromatic heterocycles. The van der Waals surface area contributed by atoms with E-state index in [4.69, 9.17) is 0 Å². The number of aliphatic imine (C=N–C) groups is 1. The summed E-state index contributed by atoms with van der Waals surface area (Å²) in [6.45, 7) is 5.89. The van der Waals surface area contributed by atoms with Gasteiger partial charge in [-0.1, -0.05) is 49.1 Å². The molecule has 0 bridgehead atoms. The molecule has 0 fully saturated rings. The van der Waals surface area contributed by atoms with Gasteiger partial charge in [-0.15, -0.1) is 0 Å². The Kier molecular flexibility index (Phi) is 5.33. The van der Waals surface area contributed by atoms with Crippen molar-refractivity contribution >= 4 is 32.7 Å². The van der Waals surface area contributed by atoms with Crippen molar-refractivity contribution in [3.8, 4) is 0 Å². The lowest BCUT2D eigenvalue weighted by molar-refractivity contribution is 1.23. The Morgan fingerprint density at radius 1 is 1.25 bits per heavy atom. The van der Waals surface area contributed by atoms with Crippen LogP contribution < -0.4 is 5.32 Å². The molecule has 3 heteroatoms. The molecular weight excluding hydrogens is 264 g/mol. The Morgan fingerprint density at radius 3 is 2.75 bits per heavy atom. The summed E-state index contributed by atoms with van der Waals surface area (Å²) in [5.41, 5.74) is 1.97. The van der Waals surface area contributed by atoms with Crippen molar-refractivity contribution in [3.63, 3.8) is 0 Å². The van der Waals surface area contributed by atoms with Crippen LogP contribution in [0.5, 0.6) is 0 Å². The van der Waals surface area contributed by atoms with Gasteiger partial charge in [-0.25, -0.2) is 4.99 Å². The first-order valence-corrected chi connectivity index (χ1v) is 7.43. The van der Waals surface area contributed by atoms with Crippen LogP contribution in [0.4, 0.5) is 15.7 Å². The topological polar surface area (TPSA) is 24.4 Å². The van der Waals surface area contributed by atoms with Crippen molar-refractivity contribution in [1.82, 2.24) is 0 Å². The number of hydrogen-bond donors (Lipinski definition) is 1. The van der Waals surface area contributed by atoms with Gasteiger partial charge in [0.05, 0.1) is 10.7 Å². The third-order valence-corrected chi connectivity index (χ3v) is 3.50. The molecule has 0 unspecified atom stereocenters. The summed E-state index contributed by atoms with van der Waals surface area (Å²) >= 11 is 1.62. The molecule has 0 aliphatic carbocycles. The summed E-state index contributed by atoms with van der Waals surface area (Å²) in [4.78, 5) is 4.57. The van der Waals surface area contributed by atoms with Gasteiger partial charge in [0.1, 0.15) is 5.00 Å². The second-order valence-electron chi connectivity index (χ2n) is 4.18. The predicted molar refractivity (Wildman–Crippen MR) is 90.8 cm³/mol. The zero-order valence-electron chi connectivity index (χ0n) is 11.5. The maximum Gasteiger partial charge on any atom is 0.118 e. The molecule has 1 heterocycles. The fraction of sp³-hybridized carbons (Fsp3) is 0.118. The average molecular weight is 282 g/mol. The lowest BCUT2D eigenvalue weighted by Crippen LogP contribution is -1.85. The third kappa shape index (κ3) is 4.21. The molecule has 0 radical (unpaired) electrons. The van der Waals surface area contributed by atoms with Crippen molar-refractivity contribution < 1.29 is 0 Å². The fourth-order valence-electron chi connectivity index (χ4n) is 1.64. The number of para-hydroxylation sites is 1. The van der Waals surface area contributed by atoms with Crippen LogP contribution >= 0.6 is 11.3 Å². The molecule has 0 amide bonds. The molecule has 1 aromatic carbocycles. The van der Waals surface area contributed by atoms with Gasteiger partial charge in [0, 0.05) is 5.69 Å². The predicted octanol–water partition coefficient (Wildman–Crippen LogP) is 5.72. The van der Waals surface area contributed by atoms with E-state index in [-0.39, 0.29) is 0 Å². The third-order valence-electron chi connectivity index (χ3n) is 2.61. The highest BCUT2D eigenvalue weighted by Gasteiger charge is 1.99. The molecule has 20 heavy (non-hydrogen) atoms. The highest BCUT2D eigenvalue weighted by molar-refractivity contribution is 7.19. The molecule has 2 nitrogen and oxygen atoms in total. The number of allylic oxidation sites excluding steroid dienone is 3. The number of anilines is 2. The average Bonchev–Trinajstić information content (AvgIpc) is 2.91. The maximum absolute atomic E-state index is 4.57. The molecule has 0 aliphatic heterocycles. The van der Waals surface area contributed by atoms with Crippen molar-refractivity contribution in [2.45, 2.75) is 13.3 Å². The monoisotopic (exact) mass is 282 g/mol. The van der Waals surface area contributed by atoms with Crippen LogP contribution in [-0.4, -0.2) is 5.71 Å². The van der Waals surface area contributed by atoms with E-state index in [2.05, 4.69) is 29.9 Å². The number of thiophene rings is 1. The molecule has 2 rings (SSSR count). The van der Waals surface area contributed by atoms with E-state index in [0.29, 0.717) is 0 Å². The summed E-state index contributed by atoms with van der Waals surface area (Å²) in [6, 6.07) is 14.2. The summed E-state index contributed by atoms with van der Waals surface area (Å²) in [5, 5.41) is 5.42. The van der Waals surface area contributed by atoms with E-state index in [9.17, 15) is 0 Å². The summed E-state index contributed by atoms with van der Waals surface area (Å²) in [6.07, 6.45) is 6.85. The van der Waals surface area contributed by atoms with E-state index in [1.807, 2.05) is 48.5 Å². The van der Waals surface area contributed by atoms with Gasteiger partial charge in [0.15, 0.2) is 0 Å². The molecular formula is C17H18N2S. The van der Waals surface area contributed by atoms with Crippen LogP contribution in [0.25, 0.3) is 0 Å². The van der Waals surface area contributed by atoms with E-state index >= 15 is 0 Å². The van der Waals surface area contributed by atoms with Crippen LogP contribution in [-0.2, 0) is 0 Å². The van der Waals surface area contributed by atoms with E-state index in [0.717, 1.165) is 27.8 Å². The van der Waals surface area contributed by atoms with Gasteiger partial charge in [-0.2, -0.15) is 0 Å². The number of nitrogens with one attached hydrogen (secondary N) is 1. The number of rotatable bonds is 6. The molecule has 0 spiro atoms. The largest absolute Gasteiger partial charge is 0.347 e. The lowest BCUT2D eigenvalue weighted by Gasteiger charge is -2.01. The minimum atomic E-state index is 0.889. The smallest absolute Gasteiger partial charge is 0.118 e. The highest BCUT2D eigenvalue weighted by atomic mass is 32.1. The minimum absolute atomic E-state index is 0.889. The van der Waals surface area contributed by atoms with Gasteiger partial charge in [0.25, 0.3) is 0 Å². The first-order chi connectivity index (χ1) is 9.81. The molecule has 2 aromatic rings. The van der Waals surface area contributed by atoms with E-state index < -0.39 is 0 Å². The van der Waals surface area contributed by atoms with Gasteiger partial charge < -0.3 is 5.32 Å². The molecule has 0 saturated carbocycles. The lowest BCUT2D eigenvalue weighted by atomic mass is 10.3. The number of nitrogens with zero attached hydrogens (tertiary/aromatic N) is 1. The molecule has 0 aliphatic rings. The Hall–Kier alpha value is -2.13. The summed E-state index contributed by atoms with van der Waals surface area (Å²) in [7, 11) is 0. The molecule has 0 saturated heterocycles. The zero-order valence-corrected chi connectivity index (χ0v) is 12.4. The number of benzene rings is 1. The first-order valence-electron chi connectivity index (χ1n) is 6.61. The van der Waals surface area contributed by atoms with Crippen molar-refractivity contribution in [1.29, 1.82) is 0 Å². The van der Waals surface area contributed by atoms with E-state index in [1.54, 1.807) is 17.4 Å². The second-order valence-corrected chi connectivity index (χ2v) is 5.24. The standard InChI is InChI=1S/C17H18N2S/c1-3-5-9-14(4-2)18-16-12-13-17(20-16)19-15-10-7-6-8-11-15/h4-13,19H,2-3H2,1H3/b9-5-,18-14?. The normalized spacial score (nSPS) is 11.8. The first kappa shape index (κ1) is 14.3. The van der Waals surface area contributed by atoms with Crippen LogP contribution in [0.2, 0.25) is 0 Å². The molecule has 0 atom stereocenters. The van der Waals surface area contributed by atoms with Crippen LogP contribution in [0.15, 0.2) is 72.3 Å². The molecule has 102 valence electrons. The van der Waals surface area contributed by atoms with Crippen LogP contribution in [0.1, 0.15) is 13.3 Å². The van der Waals surface area contributed by atoms with Crippen molar-refractivity contribution in [3.05, 3.63) is 67.3 Å². The maximum atomic E-state index is 4.57. The van der Waals surface area contributed by atoms with E-state index in [1.165, 1.54) is 0 Å². The Balaban J connectivity index is 2.10. The quantitative estimate of drug-likeness (QED) is 0.673. The van der Waals surface area contributed by atoms with Gasteiger partial charge in [-0.3, -0.25) is 0 Å². The fourth-order valence-corrected chi connectivity index (χ4v) is 2.45. The Morgan fingerprint density at radius 2 is 2.05 bits per heavy atom. The SMILES string of the molecule is C=CC(/C=C\CC)=Nc1ccc(Nc2ccccc2)s1. The van der Waals surface area contributed by atoms with Crippen LogP contribution in [0.3, 0.4) is 0 Å². The van der Waals surface area contributed by atoms with Crippen molar-refractivity contribution in [2.24, 2.45) is 4.99 Å². The van der Waals surface area contributed by atoms with Gasteiger partial charge in [-0.05, 0) is 42.8 Å². The Labute approximate surface area is 124 Å². The van der Waals surface area contributed by atoms with Crippen LogP contribution in [0, 0.1) is 0 Å².